The summed E-state index contributed by atoms with van der Waals surface area (Å²) in [6.45, 7) is 0.303. The smallest absolute Gasteiger partial charge is 0.376 e. The predicted molar refractivity (Wildman–Crippen MR) is 107 cm³/mol. The molecule has 3 heterocycles. The summed E-state index contributed by atoms with van der Waals surface area (Å²) in [4.78, 5) is 31.2. The summed E-state index contributed by atoms with van der Waals surface area (Å²) < 4.78 is 46.4. The summed E-state index contributed by atoms with van der Waals surface area (Å²) >= 11 is 1.31. The molecule has 1 aromatic carbocycles. The fourth-order valence-corrected chi connectivity index (χ4v) is 4.35. The number of thiazole rings is 1. The lowest BCUT2D eigenvalue weighted by Gasteiger charge is -2.23. The third kappa shape index (κ3) is 4.24. The van der Waals surface area contributed by atoms with Crippen LogP contribution in [0.15, 0.2) is 47.4 Å². The normalized spacial score (nSPS) is 16.8. The van der Waals surface area contributed by atoms with Crippen LogP contribution < -0.4 is 10.5 Å². The number of rotatable bonds is 5. The topological polar surface area (TPSA) is 64.4 Å². The molecule has 1 amide bonds. The second-order valence-corrected chi connectivity index (χ2v) is 7.97. The van der Waals surface area contributed by atoms with Crippen LogP contribution in [0.2, 0.25) is 0 Å². The third-order valence-electron chi connectivity index (χ3n) is 4.86. The zero-order valence-corrected chi connectivity index (χ0v) is 16.6. The summed E-state index contributed by atoms with van der Waals surface area (Å²) in [5.41, 5.74) is -1.83. The number of anilines is 1. The van der Waals surface area contributed by atoms with Crippen molar-refractivity contribution in [1.82, 2.24) is 9.55 Å². The first kappa shape index (κ1) is 20.5. The Balaban J connectivity index is 1.65. The van der Waals surface area contributed by atoms with Crippen LogP contribution in [0.4, 0.5) is 18.3 Å². The Bertz CT molecular complexity index is 1090. The van der Waals surface area contributed by atoms with Crippen LogP contribution in [0.3, 0.4) is 0 Å². The minimum atomic E-state index is -4.78. The van der Waals surface area contributed by atoms with Gasteiger partial charge < -0.3 is 9.30 Å². The minimum Gasteiger partial charge on any atom is -0.376 e. The van der Waals surface area contributed by atoms with E-state index in [1.54, 1.807) is 0 Å². The maximum Gasteiger partial charge on any atom is 0.421 e. The van der Waals surface area contributed by atoms with Gasteiger partial charge in [-0.25, -0.2) is 4.98 Å². The Morgan fingerprint density at radius 2 is 2.07 bits per heavy atom. The Morgan fingerprint density at radius 1 is 1.27 bits per heavy atom. The van der Waals surface area contributed by atoms with Crippen LogP contribution in [0.25, 0.3) is 10.2 Å². The van der Waals surface area contributed by atoms with Crippen molar-refractivity contribution in [3.63, 3.8) is 0 Å². The number of halogens is 3. The van der Waals surface area contributed by atoms with E-state index in [0.29, 0.717) is 17.8 Å². The quantitative estimate of drug-likeness (QED) is 0.611. The molecule has 0 aliphatic carbocycles. The Hall–Kier alpha value is -2.72. The van der Waals surface area contributed by atoms with Crippen molar-refractivity contribution in [3.8, 4) is 0 Å². The molecule has 1 aliphatic rings. The van der Waals surface area contributed by atoms with Crippen LogP contribution in [-0.2, 0) is 22.3 Å². The van der Waals surface area contributed by atoms with Crippen molar-refractivity contribution in [2.45, 2.75) is 31.7 Å². The van der Waals surface area contributed by atoms with Gasteiger partial charge in [-0.3, -0.25) is 14.5 Å². The number of pyridine rings is 1. The molecule has 10 heteroatoms. The lowest BCUT2D eigenvalue weighted by Crippen LogP contribution is -2.41. The highest BCUT2D eigenvalue weighted by atomic mass is 32.1. The van der Waals surface area contributed by atoms with Gasteiger partial charge in [-0.15, -0.1) is 0 Å². The number of para-hydroxylation sites is 1. The van der Waals surface area contributed by atoms with Gasteiger partial charge in [-0.2, -0.15) is 13.2 Å². The van der Waals surface area contributed by atoms with Gasteiger partial charge in [0.2, 0.25) is 5.91 Å². The van der Waals surface area contributed by atoms with Crippen LogP contribution >= 0.6 is 11.3 Å². The van der Waals surface area contributed by atoms with Gasteiger partial charge in [0.25, 0.3) is 5.56 Å². The van der Waals surface area contributed by atoms with E-state index in [1.165, 1.54) is 22.4 Å². The Kier molecular flexibility index (Phi) is 5.61. The number of nitrogens with zero attached hydrogens (tertiary/aromatic N) is 3. The average Bonchev–Trinajstić information content (AvgIpc) is 3.35. The maximum atomic E-state index is 13.1. The highest BCUT2D eigenvalue weighted by Crippen LogP contribution is 2.30. The number of alkyl halides is 3. The minimum absolute atomic E-state index is 0.181. The summed E-state index contributed by atoms with van der Waals surface area (Å²) in [6, 6.07) is 9.21. The molecule has 4 rings (SSSR count). The molecule has 1 aliphatic heterocycles. The highest BCUT2D eigenvalue weighted by molar-refractivity contribution is 7.22. The standard InChI is InChI=1S/C20H18F3N3O3S/c21-20(22,23)14-6-3-9-25(18(14)28)12-17(27)26(11-13-5-4-10-29-13)19-24-15-7-1-2-8-16(15)30-19/h1-3,6-9,13H,4-5,10-12H2. The summed E-state index contributed by atoms with van der Waals surface area (Å²) in [6.07, 6.45) is -2.14. The molecule has 0 saturated carbocycles. The predicted octanol–water partition coefficient (Wildman–Crippen LogP) is 3.69. The van der Waals surface area contributed by atoms with E-state index in [0.717, 1.165) is 33.7 Å². The zero-order valence-electron chi connectivity index (χ0n) is 15.8. The molecule has 0 radical (unpaired) electrons. The van der Waals surface area contributed by atoms with Gasteiger partial charge in [0, 0.05) is 12.8 Å². The van der Waals surface area contributed by atoms with E-state index in [9.17, 15) is 22.8 Å². The maximum absolute atomic E-state index is 13.1. The monoisotopic (exact) mass is 437 g/mol. The first-order chi connectivity index (χ1) is 14.3. The summed E-state index contributed by atoms with van der Waals surface area (Å²) in [5.74, 6) is -0.522. The number of ether oxygens (including phenoxy) is 1. The SMILES string of the molecule is O=C(Cn1cccc(C(F)(F)F)c1=O)N(CC1CCCO1)c1nc2ccccc2s1. The number of hydrogen-bond acceptors (Lipinski definition) is 5. The van der Waals surface area contributed by atoms with Crippen LogP contribution in [0.1, 0.15) is 18.4 Å². The molecule has 0 N–H and O–H groups in total. The first-order valence-corrected chi connectivity index (χ1v) is 10.2. The molecule has 0 bridgehead atoms. The van der Waals surface area contributed by atoms with Crippen molar-refractivity contribution in [1.29, 1.82) is 0 Å². The molecule has 30 heavy (non-hydrogen) atoms. The van der Waals surface area contributed by atoms with Gasteiger partial charge >= 0.3 is 6.18 Å². The number of fused-ring (bicyclic) bond motifs is 1. The van der Waals surface area contributed by atoms with E-state index in [-0.39, 0.29) is 12.6 Å². The van der Waals surface area contributed by atoms with Gasteiger partial charge in [0.05, 0.1) is 22.9 Å². The van der Waals surface area contributed by atoms with Crippen molar-refractivity contribution in [3.05, 3.63) is 58.5 Å². The largest absolute Gasteiger partial charge is 0.421 e. The lowest BCUT2D eigenvalue weighted by atomic mass is 10.2. The molecular formula is C20H18F3N3O3S. The van der Waals surface area contributed by atoms with Gasteiger partial charge in [-0.05, 0) is 37.1 Å². The molecule has 2 aromatic heterocycles. The van der Waals surface area contributed by atoms with Crippen LogP contribution in [0, 0.1) is 0 Å². The van der Waals surface area contributed by atoms with Gasteiger partial charge in [0.15, 0.2) is 5.13 Å². The number of benzene rings is 1. The summed E-state index contributed by atoms with van der Waals surface area (Å²) in [7, 11) is 0. The van der Waals surface area contributed by atoms with Crippen molar-refractivity contribution in [2.24, 2.45) is 0 Å². The molecule has 1 atom stereocenters. The number of carbonyl (C=O) groups is 1. The molecular weight excluding hydrogens is 419 g/mol. The fourth-order valence-electron chi connectivity index (χ4n) is 3.36. The molecule has 158 valence electrons. The molecule has 3 aromatic rings. The zero-order chi connectivity index (χ0) is 21.3. The van der Waals surface area contributed by atoms with Gasteiger partial charge in [0.1, 0.15) is 12.1 Å². The van der Waals surface area contributed by atoms with E-state index in [4.69, 9.17) is 4.74 Å². The van der Waals surface area contributed by atoms with Crippen molar-refractivity contribution in [2.75, 3.05) is 18.1 Å². The molecule has 0 spiro atoms. The second-order valence-electron chi connectivity index (χ2n) is 6.96. The average molecular weight is 437 g/mol. The van der Waals surface area contributed by atoms with E-state index in [2.05, 4.69) is 4.98 Å². The number of hydrogen-bond donors (Lipinski definition) is 0. The lowest BCUT2D eigenvalue weighted by molar-refractivity contribution is -0.139. The third-order valence-corrected chi connectivity index (χ3v) is 5.92. The summed E-state index contributed by atoms with van der Waals surface area (Å²) in [5, 5.41) is 0.428. The number of carbonyl (C=O) groups excluding carboxylic acids is 1. The van der Waals surface area contributed by atoms with Crippen molar-refractivity contribution >= 4 is 32.6 Å². The Labute approximate surface area is 173 Å². The number of amides is 1. The van der Waals surface area contributed by atoms with Gasteiger partial charge in [-0.1, -0.05) is 23.5 Å². The highest BCUT2D eigenvalue weighted by Gasteiger charge is 2.35. The van der Waals surface area contributed by atoms with E-state index < -0.39 is 29.8 Å². The van der Waals surface area contributed by atoms with Crippen LogP contribution in [0.5, 0.6) is 0 Å². The van der Waals surface area contributed by atoms with Crippen LogP contribution in [-0.4, -0.2) is 34.7 Å². The fraction of sp³-hybridized carbons (Fsp3) is 0.350. The van der Waals surface area contributed by atoms with E-state index in [1.807, 2.05) is 24.3 Å². The first-order valence-electron chi connectivity index (χ1n) is 9.37. The molecule has 1 saturated heterocycles. The second kappa shape index (κ2) is 8.19. The van der Waals surface area contributed by atoms with E-state index >= 15 is 0 Å². The Morgan fingerprint density at radius 3 is 2.77 bits per heavy atom. The molecule has 6 nitrogen and oxygen atoms in total. The molecule has 1 unspecified atom stereocenters. The van der Waals surface area contributed by atoms with Crippen molar-refractivity contribution < 1.29 is 22.7 Å². The molecule has 1 fully saturated rings. The number of aromatic nitrogens is 2.